The van der Waals surface area contributed by atoms with Crippen molar-refractivity contribution in [1.29, 1.82) is 0 Å². The Balaban J connectivity index is 1.43. The van der Waals surface area contributed by atoms with Crippen LogP contribution in [0.2, 0.25) is 0 Å². The second-order valence-corrected chi connectivity index (χ2v) is 9.14. The van der Waals surface area contributed by atoms with Gasteiger partial charge in [-0.3, -0.25) is 0 Å². The molecule has 2 heterocycles. The van der Waals surface area contributed by atoms with E-state index in [0.29, 0.717) is 0 Å². The van der Waals surface area contributed by atoms with Gasteiger partial charge in [0.15, 0.2) is 11.6 Å². The van der Waals surface area contributed by atoms with Gasteiger partial charge < -0.3 is 0 Å². The molecule has 0 bridgehead atoms. The quantitative estimate of drug-likeness (QED) is 0.235. The molecule has 0 aliphatic heterocycles. The second kappa shape index (κ2) is 9.34. The minimum absolute atomic E-state index is 0.730. The third-order valence-electron chi connectivity index (χ3n) is 6.93. The van der Waals surface area contributed by atoms with Crippen molar-refractivity contribution < 1.29 is 0 Å². The molecule has 0 saturated carbocycles. The Kier molecular flexibility index (Phi) is 5.41. The van der Waals surface area contributed by atoms with Crippen LogP contribution >= 0.6 is 0 Å². The summed E-state index contributed by atoms with van der Waals surface area (Å²) in [6, 6.07) is 38.1. The minimum Gasteiger partial charge on any atom is -0.237 e. The number of aromatic nitrogens is 4. The first-order chi connectivity index (χ1) is 18.9. The van der Waals surface area contributed by atoms with Crippen LogP contribution in [-0.2, 0) is 0 Å². The van der Waals surface area contributed by atoms with E-state index >= 15 is 0 Å². The van der Waals surface area contributed by atoms with Gasteiger partial charge in [-0.25, -0.2) is 19.9 Å². The van der Waals surface area contributed by atoms with Gasteiger partial charge >= 0.3 is 0 Å². The van der Waals surface area contributed by atoms with Gasteiger partial charge in [-0.1, -0.05) is 97.1 Å². The molecule has 0 N–H and O–H groups in total. The highest BCUT2D eigenvalue weighted by Gasteiger charge is 2.16. The van der Waals surface area contributed by atoms with Crippen molar-refractivity contribution in [3.63, 3.8) is 0 Å². The summed E-state index contributed by atoms with van der Waals surface area (Å²) < 4.78 is 0. The summed E-state index contributed by atoms with van der Waals surface area (Å²) in [6.45, 7) is 0. The fourth-order valence-corrected chi connectivity index (χ4v) is 5.22. The normalized spacial score (nSPS) is 11.2. The van der Waals surface area contributed by atoms with Crippen LogP contribution in [0.3, 0.4) is 0 Å². The molecule has 178 valence electrons. The topological polar surface area (TPSA) is 51.6 Å². The Morgan fingerprint density at radius 2 is 0.579 bits per heavy atom. The van der Waals surface area contributed by atoms with E-state index < -0.39 is 0 Å². The lowest BCUT2D eigenvalue weighted by atomic mass is 9.85. The lowest BCUT2D eigenvalue weighted by Crippen LogP contribution is -1.92. The van der Waals surface area contributed by atoms with E-state index in [1.165, 1.54) is 43.8 Å². The number of hydrogen-bond acceptors (Lipinski definition) is 4. The number of hydrogen-bond donors (Lipinski definition) is 0. The molecule has 38 heavy (non-hydrogen) atoms. The van der Waals surface area contributed by atoms with E-state index in [2.05, 4.69) is 117 Å². The highest BCUT2D eigenvalue weighted by molar-refractivity contribution is 6.21. The van der Waals surface area contributed by atoms with E-state index in [1.807, 2.05) is 12.1 Å². The maximum Gasteiger partial charge on any atom is 0.159 e. The summed E-state index contributed by atoms with van der Waals surface area (Å²) in [4.78, 5) is 17.6. The highest BCUT2D eigenvalue weighted by atomic mass is 14.9. The largest absolute Gasteiger partial charge is 0.237 e. The molecule has 0 saturated heterocycles. The summed E-state index contributed by atoms with van der Waals surface area (Å²) in [5.41, 5.74) is 6.80. The maximum absolute atomic E-state index is 4.40. The molecule has 0 radical (unpaired) electrons. The lowest BCUT2D eigenvalue weighted by Gasteiger charge is -2.18. The third kappa shape index (κ3) is 3.80. The van der Waals surface area contributed by atoms with Gasteiger partial charge in [0.25, 0.3) is 0 Å². The number of benzene rings is 5. The molecule has 0 amide bonds. The van der Waals surface area contributed by atoms with Crippen molar-refractivity contribution in [2.75, 3.05) is 0 Å². The van der Waals surface area contributed by atoms with E-state index in [0.717, 1.165) is 22.8 Å². The molecule has 7 rings (SSSR count). The average Bonchev–Trinajstić information content (AvgIpc) is 3.01. The predicted molar refractivity (Wildman–Crippen MR) is 154 cm³/mol. The Hall–Kier alpha value is -5.22. The molecular formula is C34H22N4. The van der Waals surface area contributed by atoms with Crippen LogP contribution in [0.5, 0.6) is 0 Å². The molecule has 4 nitrogen and oxygen atoms in total. The second-order valence-electron chi connectivity index (χ2n) is 9.14. The maximum atomic E-state index is 4.40. The van der Waals surface area contributed by atoms with Crippen LogP contribution in [0, 0.1) is 0 Å². The molecule has 0 spiro atoms. The molecule has 5 aromatic carbocycles. The first kappa shape index (κ1) is 22.0. The van der Waals surface area contributed by atoms with Gasteiger partial charge in [-0.15, -0.1) is 0 Å². The Morgan fingerprint density at radius 3 is 0.895 bits per heavy atom. The molecule has 7 aromatic rings. The van der Waals surface area contributed by atoms with Crippen molar-refractivity contribution in [2.45, 2.75) is 0 Å². The number of nitrogens with zero attached hydrogens (tertiary/aromatic N) is 4. The zero-order valence-corrected chi connectivity index (χ0v) is 20.5. The number of rotatable bonds is 4. The highest BCUT2D eigenvalue weighted by Crippen LogP contribution is 2.43. The van der Waals surface area contributed by atoms with Crippen LogP contribution in [0.1, 0.15) is 0 Å². The van der Waals surface area contributed by atoms with Crippen LogP contribution < -0.4 is 0 Å². The van der Waals surface area contributed by atoms with Gasteiger partial charge in [0.2, 0.25) is 0 Å². The lowest BCUT2D eigenvalue weighted by molar-refractivity contribution is 1.18. The summed E-state index contributed by atoms with van der Waals surface area (Å²) in [5.74, 6) is 1.46. The third-order valence-corrected chi connectivity index (χ3v) is 6.93. The Labute approximate surface area is 220 Å². The monoisotopic (exact) mass is 486 g/mol. The molecule has 0 unspecified atom stereocenters. The molecule has 0 fully saturated rings. The zero-order chi connectivity index (χ0) is 25.3. The zero-order valence-electron chi connectivity index (χ0n) is 20.5. The summed E-state index contributed by atoms with van der Waals surface area (Å²) in [6.07, 6.45) is 7.09. The van der Waals surface area contributed by atoms with E-state index in [1.54, 1.807) is 24.8 Å². The SMILES string of the molecule is c1cnc(-c2ccc(-c3c4ccccc4c(-c4ccc(-c5ncccn5)cc4)c4ccccc34)cc2)nc1. The van der Waals surface area contributed by atoms with Crippen molar-refractivity contribution in [2.24, 2.45) is 0 Å². The van der Waals surface area contributed by atoms with Gasteiger partial charge in [0, 0.05) is 35.9 Å². The van der Waals surface area contributed by atoms with Crippen molar-refractivity contribution >= 4 is 21.5 Å². The van der Waals surface area contributed by atoms with E-state index in [4.69, 9.17) is 0 Å². The molecule has 0 atom stereocenters. The first-order valence-electron chi connectivity index (χ1n) is 12.6. The minimum atomic E-state index is 0.730. The summed E-state index contributed by atoms with van der Waals surface area (Å²) >= 11 is 0. The van der Waals surface area contributed by atoms with Crippen LogP contribution in [-0.4, -0.2) is 19.9 Å². The molecule has 4 heteroatoms. The van der Waals surface area contributed by atoms with Crippen LogP contribution in [0.4, 0.5) is 0 Å². The van der Waals surface area contributed by atoms with Gasteiger partial charge in [-0.2, -0.15) is 0 Å². The number of fused-ring (bicyclic) bond motifs is 2. The fourth-order valence-electron chi connectivity index (χ4n) is 5.22. The molecule has 2 aromatic heterocycles. The van der Waals surface area contributed by atoms with Gasteiger partial charge in [0.1, 0.15) is 0 Å². The summed E-state index contributed by atoms with van der Waals surface area (Å²) in [5, 5.41) is 4.89. The van der Waals surface area contributed by atoms with Crippen molar-refractivity contribution in [3.8, 4) is 45.0 Å². The van der Waals surface area contributed by atoms with E-state index in [9.17, 15) is 0 Å². The standard InChI is InChI=1S/C34H22N4/c1-2-8-28-27(7-1)31(23-11-15-25(16-12-23)33-35-19-5-20-36-33)29-9-3-4-10-30(29)32(28)24-13-17-26(18-14-24)34-37-21-6-22-38-34/h1-22H. The Bertz CT molecular complexity index is 1680. The predicted octanol–water partition coefficient (Wildman–Crippen LogP) is 8.24. The smallest absolute Gasteiger partial charge is 0.159 e. The van der Waals surface area contributed by atoms with Crippen molar-refractivity contribution in [1.82, 2.24) is 19.9 Å². The Morgan fingerprint density at radius 1 is 0.289 bits per heavy atom. The van der Waals surface area contributed by atoms with Gasteiger partial charge in [0.05, 0.1) is 0 Å². The van der Waals surface area contributed by atoms with E-state index in [-0.39, 0.29) is 0 Å². The summed E-state index contributed by atoms with van der Waals surface area (Å²) in [7, 11) is 0. The molecular weight excluding hydrogens is 464 g/mol. The van der Waals surface area contributed by atoms with Crippen LogP contribution in [0.15, 0.2) is 134 Å². The van der Waals surface area contributed by atoms with Crippen molar-refractivity contribution in [3.05, 3.63) is 134 Å². The molecule has 0 aliphatic carbocycles. The van der Waals surface area contributed by atoms with Gasteiger partial charge in [-0.05, 0) is 55.9 Å². The first-order valence-corrected chi connectivity index (χ1v) is 12.6. The average molecular weight is 487 g/mol. The van der Waals surface area contributed by atoms with Crippen LogP contribution in [0.25, 0.3) is 66.6 Å². The fraction of sp³-hybridized carbons (Fsp3) is 0. The molecule has 0 aliphatic rings.